The van der Waals surface area contributed by atoms with E-state index in [4.69, 9.17) is 5.73 Å². The van der Waals surface area contributed by atoms with Crippen LogP contribution in [0.4, 0.5) is 20.6 Å². The van der Waals surface area contributed by atoms with Gasteiger partial charge in [0.15, 0.2) is 0 Å². The van der Waals surface area contributed by atoms with Crippen molar-refractivity contribution in [3.63, 3.8) is 0 Å². The van der Waals surface area contributed by atoms with E-state index < -0.39 is 11.8 Å². The summed E-state index contributed by atoms with van der Waals surface area (Å²) in [6, 6.07) is 10.9. The Morgan fingerprint density at radius 2 is 2.00 bits per heavy atom. The van der Waals surface area contributed by atoms with Crippen molar-refractivity contribution >= 4 is 33.3 Å². The number of carbonyl (C=O) groups is 1. The molecule has 1 unspecified atom stereocenters. The highest BCUT2D eigenvalue weighted by molar-refractivity contribution is 9.10. The van der Waals surface area contributed by atoms with Gasteiger partial charge in [-0.05, 0) is 42.8 Å². The first-order chi connectivity index (χ1) is 9.95. The summed E-state index contributed by atoms with van der Waals surface area (Å²) in [5.74, 6) is -0.502. The predicted octanol–water partition coefficient (Wildman–Crippen LogP) is 4.25. The third-order valence-corrected chi connectivity index (χ3v) is 3.34. The van der Waals surface area contributed by atoms with Gasteiger partial charge < -0.3 is 16.4 Å². The second-order valence-corrected chi connectivity index (χ2v) is 5.53. The zero-order chi connectivity index (χ0) is 15.4. The lowest BCUT2D eigenvalue weighted by Crippen LogP contribution is -2.20. The highest BCUT2D eigenvalue weighted by Gasteiger charge is 2.08. The Morgan fingerprint density at radius 3 is 2.71 bits per heavy atom. The molecule has 2 rings (SSSR count). The summed E-state index contributed by atoms with van der Waals surface area (Å²) in [5.41, 5.74) is 7.39. The molecule has 0 aliphatic carbocycles. The minimum atomic E-state index is -0.520. The molecule has 0 radical (unpaired) electrons. The van der Waals surface area contributed by atoms with Gasteiger partial charge in [0.1, 0.15) is 5.82 Å². The fourth-order valence-electron chi connectivity index (χ4n) is 1.78. The van der Waals surface area contributed by atoms with Crippen molar-refractivity contribution in [1.82, 2.24) is 0 Å². The van der Waals surface area contributed by atoms with Crippen molar-refractivity contribution in [2.75, 3.05) is 10.6 Å². The van der Waals surface area contributed by atoms with Crippen LogP contribution in [0.15, 0.2) is 46.9 Å². The average Bonchev–Trinajstić information content (AvgIpc) is 2.43. The summed E-state index contributed by atoms with van der Waals surface area (Å²) < 4.78 is 14.2. The molecule has 0 aliphatic heterocycles. The molecular formula is C15H15BrFN3O. The molecule has 21 heavy (non-hydrogen) atoms. The topological polar surface area (TPSA) is 67.1 Å². The number of amides is 2. The molecule has 0 aromatic heterocycles. The van der Waals surface area contributed by atoms with Crippen LogP contribution < -0.4 is 16.4 Å². The highest BCUT2D eigenvalue weighted by atomic mass is 79.9. The first kappa shape index (κ1) is 15.5. The summed E-state index contributed by atoms with van der Waals surface area (Å²) in [7, 11) is 0. The van der Waals surface area contributed by atoms with Crippen molar-refractivity contribution in [3.8, 4) is 0 Å². The number of nitrogens with two attached hydrogens (primary N) is 1. The number of hydrogen-bond acceptors (Lipinski definition) is 2. The van der Waals surface area contributed by atoms with Crippen LogP contribution in [0.25, 0.3) is 0 Å². The molecule has 0 saturated heterocycles. The maximum atomic E-state index is 13.6. The highest BCUT2D eigenvalue weighted by Crippen LogP contribution is 2.21. The van der Waals surface area contributed by atoms with Gasteiger partial charge in [0.05, 0.1) is 5.69 Å². The van der Waals surface area contributed by atoms with E-state index in [1.165, 1.54) is 12.1 Å². The summed E-state index contributed by atoms with van der Waals surface area (Å²) in [5, 5.41) is 5.11. The first-order valence-corrected chi connectivity index (χ1v) is 7.13. The molecule has 2 aromatic carbocycles. The van der Waals surface area contributed by atoms with Gasteiger partial charge >= 0.3 is 6.03 Å². The fourth-order valence-corrected chi connectivity index (χ4v) is 2.14. The molecule has 0 spiro atoms. The third-order valence-electron chi connectivity index (χ3n) is 2.85. The zero-order valence-corrected chi connectivity index (χ0v) is 12.9. The summed E-state index contributed by atoms with van der Waals surface area (Å²) in [6.07, 6.45) is 0. The number of halogens is 2. The predicted molar refractivity (Wildman–Crippen MR) is 85.8 cm³/mol. The number of urea groups is 1. The Kier molecular flexibility index (Phi) is 4.93. The smallest absolute Gasteiger partial charge is 0.323 e. The minimum Gasteiger partial charge on any atom is -0.324 e. The minimum absolute atomic E-state index is 0.102. The van der Waals surface area contributed by atoms with Crippen LogP contribution in [-0.4, -0.2) is 6.03 Å². The number of benzene rings is 2. The molecule has 0 saturated carbocycles. The monoisotopic (exact) mass is 351 g/mol. The largest absolute Gasteiger partial charge is 0.324 e. The molecule has 0 aliphatic rings. The number of carbonyl (C=O) groups excluding carboxylic acids is 1. The Balaban J connectivity index is 2.08. The Labute approximate surface area is 130 Å². The normalized spacial score (nSPS) is 11.8. The number of anilines is 2. The zero-order valence-electron chi connectivity index (χ0n) is 11.4. The van der Waals surface area contributed by atoms with Crippen LogP contribution in [0.2, 0.25) is 0 Å². The van der Waals surface area contributed by atoms with Gasteiger partial charge in [-0.2, -0.15) is 0 Å². The fraction of sp³-hybridized carbons (Fsp3) is 0.133. The lowest BCUT2D eigenvalue weighted by atomic mass is 10.1. The molecule has 110 valence electrons. The van der Waals surface area contributed by atoms with Crippen LogP contribution >= 0.6 is 15.9 Å². The van der Waals surface area contributed by atoms with E-state index in [0.717, 1.165) is 5.56 Å². The lowest BCUT2D eigenvalue weighted by molar-refractivity contribution is 0.262. The van der Waals surface area contributed by atoms with Crippen molar-refractivity contribution in [2.45, 2.75) is 13.0 Å². The number of hydrogen-bond donors (Lipinski definition) is 3. The molecular weight excluding hydrogens is 337 g/mol. The van der Waals surface area contributed by atoms with E-state index in [2.05, 4.69) is 26.6 Å². The second kappa shape index (κ2) is 6.69. The van der Waals surface area contributed by atoms with Gasteiger partial charge in [-0.15, -0.1) is 0 Å². The van der Waals surface area contributed by atoms with Gasteiger partial charge in [0, 0.05) is 16.2 Å². The second-order valence-electron chi connectivity index (χ2n) is 4.62. The summed E-state index contributed by atoms with van der Waals surface area (Å²) in [4.78, 5) is 11.9. The molecule has 0 fully saturated rings. The number of rotatable bonds is 3. The van der Waals surface area contributed by atoms with Crippen LogP contribution in [-0.2, 0) is 0 Å². The lowest BCUT2D eigenvalue weighted by Gasteiger charge is -2.11. The van der Waals surface area contributed by atoms with Crippen LogP contribution in [0.3, 0.4) is 0 Å². The van der Waals surface area contributed by atoms with Gasteiger partial charge in [0.2, 0.25) is 0 Å². The SMILES string of the molecule is CC(N)c1cccc(NC(=O)Nc2cc(Br)ccc2F)c1. The van der Waals surface area contributed by atoms with E-state index in [-0.39, 0.29) is 11.7 Å². The molecule has 2 amide bonds. The van der Waals surface area contributed by atoms with E-state index >= 15 is 0 Å². The molecule has 2 aromatic rings. The Bertz CT molecular complexity index is 661. The van der Waals surface area contributed by atoms with E-state index in [1.807, 2.05) is 13.0 Å². The van der Waals surface area contributed by atoms with Gasteiger partial charge in [-0.3, -0.25) is 0 Å². The van der Waals surface area contributed by atoms with E-state index in [1.54, 1.807) is 24.3 Å². The maximum Gasteiger partial charge on any atom is 0.323 e. The van der Waals surface area contributed by atoms with Crippen LogP contribution in [0.5, 0.6) is 0 Å². The molecule has 4 N–H and O–H groups in total. The Morgan fingerprint density at radius 1 is 1.24 bits per heavy atom. The molecule has 6 heteroatoms. The summed E-state index contributed by atoms with van der Waals surface area (Å²) in [6.45, 7) is 1.86. The molecule has 1 atom stereocenters. The van der Waals surface area contributed by atoms with Crippen molar-refractivity contribution < 1.29 is 9.18 Å². The third kappa shape index (κ3) is 4.27. The van der Waals surface area contributed by atoms with E-state index in [9.17, 15) is 9.18 Å². The molecule has 4 nitrogen and oxygen atoms in total. The maximum absolute atomic E-state index is 13.6. The summed E-state index contributed by atoms with van der Waals surface area (Å²) >= 11 is 3.23. The van der Waals surface area contributed by atoms with Gasteiger partial charge in [0.25, 0.3) is 0 Å². The average molecular weight is 352 g/mol. The Hall–Kier alpha value is -1.92. The van der Waals surface area contributed by atoms with Crippen molar-refractivity contribution in [1.29, 1.82) is 0 Å². The van der Waals surface area contributed by atoms with Crippen molar-refractivity contribution in [3.05, 3.63) is 58.3 Å². The molecule has 0 bridgehead atoms. The van der Waals surface area contributed by atoms with E-state index in [0.29, 0.717) is 10.2 Å². The number of nitrogens with one attached hydrogen (secondary N) is 2. The van der Waals surface area contributed by atoms with Crippen LogP contribution in [0, 0.1) is 5.82 Å². The standard InChI is InChI=1S/C15H15BrFN3O/c1-9(18)10-3-2-4-12(7-10)19-15(21)20-14-8-11(16)5-6-13(14)17/h2-9H,18H2,1H3,(H2,19,20,21). The van der Waals surface area contributed by atoms with Crippen LogP contribution in [0.1, 0.15) is 18.5 Å². The molecule has 0 heterocycles. The first-order valence-electron chi connectivity index (χ1n) is 6.34. The van der Waals surface area contributed by atoms with Gasteiger partial charge in [-0.1, -0.05) is 28.1 Å². The van der Waals surface area contributed by atoms with Gasteiger partial charge in [-0.25, -0.2) is 9.18 Å². The quantitative estimate of drug-likeness (QED) is 0.773. The van der Waals surface area contributed by atoms with Crippen molar-refractivity contribution in [2.24, 2.45) is 5.73 Å².